The predicted octanol–water partition coefficient (Wildman–Crippen LogP) is 2.11. The molecule has 0 heterocycles. The maximum atomic E-state index is 12.0. The average Bonchev–Trinajstić information content (AvgIpc) is 2.45. The van der Waals surface area contributed by atoms with Crippen molar-refractivity contribution in [3.63, 3.8) is 0 Å². The van der Waals surface area contributed by atoms with Crippen molar-refractivity contribution in [3.05, 3.63) is 24.3 Å². The third-order valence-electron chi connectivity index (χ3n) is 2.73. The number of carbonyl (C=O) groups excluding carboxylic acids is 1. The van der Waals surface area contributed by atoms with Gasteiger partial charge >= 0.3 is 5.97 Å². The van der Waals surface area contributed by atoms with Gasteiger partial charge in [-0.2, -0.15) is 0 Å². The smallest absolute Gasteiger partial charge is 0.305 e. The van der Waals surface area contributed by atoms with Gasteiger partial charge in [-0.3, -0.25) is 9.59 Å². The quantitative estimate of drug-likeness (QED) is 0.744. The molecule has 6 heteroatoms. The fourth-order valence-corrected chi connectivity index (χ4v) is 2.46. The number of carbonyl (C=O) groups is 2. The molecule has 1 rings (SSSR count). The molecule has 0 aliphatic carbocycles. The average molecular weight is 297 g/mol. The number of amides is 1. The highest BCUT2D eigenvalue weighted by atomic mass is 32.2. The zero-order chi connectivity index (χ0) is 15.0. The summed E-state index contributed by atoms with van der Waals surface area (Å²) in [6, 6.07) is 7.49. The molecule has 1 N–H and O–H groups in total. The Morgan fingerprint density at radius 1 is 1.40 bits per heavy atom. The number of hydrogen-bond acceptors (Lipinski definition) is 4. The third kappa shape index (κ3) is 5.52. The van der Waals surface area contributed by atoms with Crippen LogP contribution in [0.2, 0.25) is 0 Å². The van der Waals surface area contributed by atoms with E-state index in [9.17, 15) is 9.59 Å². The molecule has 0 saturated heterocycles. The molecule has 110 valence electrons. The molecule has 20 heavy (non-hydrogen) atoms. The Bertz CT molecular complexity index is 464. The second kappa shape index (κ2) is 8.47. The molecule has 1 aromatic carbocycles. The molecule has 5 nitrogen and oxygen atoms in total. The minimum atomic E-state index is -0.892. The van der Waals surface area contributed by atoms with E-state index >= 15 is 0 Å². The zero-order valence-electron chi connectivity index (χ0n) is 11.7. The van der Waals surface area contributed by atoms with Crippen LogP contribution in [0.15, 0.2) is 29.2 Å². The summed E-state index contributed by atoms with van der Waals surface area (Å²) in [5.74, 6) is 0.0969. The summed E-state index contributed by atoms with van der Waals surface area (Å²) in [4.78, 5) is 25.0. The lowest BCUT2D eigenvalue weighted by Crippen LogP contribution is -2.34. The van der Waals surface area contributed by atoms with E-state index < -0.39 is 5.97 Å². The number of carboxylic acids is 1. The highest BCUT2D eigenvalue weighted by Gasteiger charge is 2.13. The number of hydrogen-bond donors (Lipinski definition) is 1. The fourth-order valence-electron chi connectivity index (χ4n) is 1.62. The Morgan fingerprint density at radius 2 is 2.15 bits per heavy atom. The Hall–Kier alpha value is -1.69. The maximum absolute atomic E-state index is 12.0. The summed E-state index contributed by atoms with van der Waals surface area (Å²) >= 11 is 1.42. The number of rotatable bonds is 8. The van der Waals surface area contributed by atoms with Gasteiger partial charge in [0.2, 0.25) is 5.91 Å². The van der Waals surface area contributed by atoms with Crippen molar-refractivity contribution in [1.82, 2.24) is 4.90 Å². The van der Waals surface area contributed by atoms with E-state index in [1.807, 2.05) is 31.2 Å². The van der Waals surface area contributed by atoms with Gasteiger partial charge in [0.25, 0.3) is 0 Å². The van der Waals surface area contributed by atoms with Gasteiger partial charge in [0.05, 0.1) is 19.3 Å². The van der Waals surface area contributed by atoms with E-state index in [4.69, 9.17) is 9.84 Å². The Morgan fingerprint density at radius 3 is 2.75 bits per heavy atom. The van der Waals surface area contributed by atoms with E-state index in [1.165, 1.54) is 11.8 Å². The van der Waals surface area contributed by atoms with Crippen LogP contribution in [0.3, 0.4) is 0 Å². The van der Waals surface area contributed by atoms with E-state index in [1.54, 1.807) is 12.0 Å². The van der Waals surface area contributed by atoms with Gasteiger partial charge in [0, 0.05) is 18.0 Å². The summed E-state index contributed by atoms with van der Waals surface area (Å²) in [7, 11) is 1.60. The van der Waals surface area contributed by atoms with Crippen molar-refractivity contribution < 1.29 is 19.4 Å². The van der Waals surface area contributed by atoms with Crippen molar-refractivity contribution in [2.24, 2.45) is 0 Å². The summed E-state index contributed by atoms with van der Waals surface area (Å²) in [6.45, 7) is 2.62. The minimum Gasteiger partial charge on any atom is -0.497 e. The summed E-state index contributed by atoms with van der Waals surface area (Å²) in [5, 5.41) is 8.65. The Kier molecular flexibility index (Phi) is 6.93. The number of thioether (sulfide) groups is 1. The summed E-state index contributed by atoms with van der Waals surface area (Å²) in [5.41, 5.74) is 0. The maximum Gasteiger partial charge on any atom is 0.305 e. The van der Waals surface area contributed by atoms with Crippen molar-refractivity contribution in [1.29, 1.82) is 0 Å². The number of aliphatic carboxylic acids is 1. The number of methoxy groups -OCH3 is 1. The molecule has 0 atom stereocenters. The van der Waals surface area contributed by atoms with Crippen molar-refractivity contribution in [2.75, 3.05) is 26.0 Å². The largest absolute Gasteiger partial charge is 0.497 e. The fraction of sp³-hybridized carbons (Fsp3) is 0.429. The summed E-state index contributed by atoms with van der Waals surface area (Å²) in [6.07, 6.45) is -0.0244. The Labute approximate surface area is 122 Å². The van der Waals surface area contributed by atoms with Crippen LogP contribution >= 0.6 is 11.8 Å². The van der Waals surface area contributed by atoms with Crippen LogP contribution in [0.1, 0.15) is 13.3 Å². The first-order valence-corrected chi connectivity index (χ1v) is 7.31. The molecule has 1 aromatic rings. The van der Waals surface area contributed by atoms with Gasteiger partial charge in [-0.1, -0.05) is 6.07 Å². The molecule has 1 amide bonds. The molecular weight excluding hydrogens is 278 g/mol. The molecule has 0 radical (unpaired) electrons. The Balaban J connectivity index is 2.49. The number of benzene rings is 1. The molecule has 0 aliphatic rings. The van der Waals surface area contributed by atoms with Crippen molar-refractivity contribution in [2.45, 2.75) is 18.2 Å². The lowest BCUT2D eigenvalue weighted by molar-refractivity contribution is -0.138. The van der Waals surface area contributed by atoms with Crippen LogP contribution in [-0.2, 0) is 9.59 Å². The molecular formula is C14H19NO4S. The lowest BCUT2D eigenvalue weighted by Gasteiger charge is -2.19. The van der Waals surface area contributed by atoms with Gasteiger partial charge in [-0.05, 0) is 25.1 Å². The molecule has 0 bridgehead atoms. The summed E-state index contributed by atoms with van der Waals surface area (Å²) < 4.78 is 5.12. The van der Waals surface area contributed by atoms with Gasteiger partial charge < -0.3 is 14.7 Å². The van der Waals surface area contributed by atoms with Crippen LogP contribution in [0.4, 0.5) is 0 Å². The molecule has 0 aromatic heterocycles. The molecule has 0 spiro atoms. The number of nitrogens with zero attached hydrogens (tertiary/aromatic N) is 1. The topological polar surface area (TPSA) is 66.8 Å². The first-order chi connectivity index (χ1) is 9.56. The van der Waals surface area contributed by atoms with Gasteiger partial charge in [0.1, 0.15) is 5.75 Å². The molecule has 0 saturated carbocycles. The van der Waals surface area contributed by atoms with Crippen molar-refractivity contribution >= 4 is 23.6 Å². The van der Waals surface area contributed by atoms with Gasteiger partial charge in [-0.25, -0.2) is 0 Å². The van der Waals surface area contributed by atoms with Crippen LogP contribution in [-0.4, -0.2) is 47.8 Å². The van der Waals surface area contributed by atoms with E-state index in [2.05, 4.69) is 0 Å². The molecule has 0 aliphatic heterocycles. The molecule has 0 unspecified atom stereocenters. The normalized spacial score (nSPS) is 10.1. The number of ether oxygens (including phenoxy) is 1. The molecule has 0 fully saturated rings. The predicted molar refractivity (Wildman–Crippen MR) is 78.2 cm³/mol. The number of carboxylic acid groups (broad SMARTS) is 1. The van der Waals surface area contributed by atoms with Gasteiger partial charge in [-0.15, -0.1) is 11.8 Å². The van der Waals surface area contributed by atoms with E-state index in [0.29, 0.717) is 12.3 Å². The highest BCUT2D eigenvalue weighted by molar-refractivity contribution is 8.00. The zero-order valence-corrected chi connectivity index (χ0v) is 12.5. The van der Waals surface area contributed by atoms with Crippen molar-refractivity contribution in [3.8, 4) is 5.75 Å². The van der Waals surface area contributed by atoms with Crippen LogP contribution < -0.4 is 4.74 Å². The SMILES string of the molecule is CCN(CCC(=O)O)C(=O)CSc1cccc(OC)c1. The first kappa shape index (κ1) is 16.4. The van der Waals surface area contributed by atoms with Gasteiger partial charge in [0.15, 0.2) is 0 Å². The standard InChI is InChI=1S/C14H19NO4S/c1-3-15(8-7-14(17)18)13(16)10-20-12-6-4-5-11(9-12)19-2/h4-6,9H,3,7-8,10H2,1-2H3,(H,17,18). The second-order valence-corrected chi connectivity index (χ2v) is 5.13. The lowest BCUT2D eigenvalue weighted by atomic mass is 10.3. The first-order valence-electron chi connectivity index (χ1n) is 6.33. The van der Waals surface area contributed by atoms with E-state index in [-0.39, 0.29) is 18.9 Å². The van der Waals surface area contributed by atoms with E-state index in [0.717, 1.165) is 10.6 Å². The van der Waals surface area contributed by atoms with Crippen LogP contribution in [0.25, 0.3) is 0 Å². The minimum absolute atomic E-state index is 0.0244. The van der Waals surface area contributed by atoms with Crippen LogP contribution in [0, 0.1) is 0 Å². The monoisotopic (exact) mass is 297 g/mol. The van der Waals surface area contributed by atoms with Crippen LogP contribution in [0.5, 0.6) is 5.75 Å². The third-order valence-corrected chi connectivity index (χ3v) is 3.71. The second-order valence-electron chi connectivity index (χ2n) is 4.08. The highest BCUT2D eigenvalue weighted by Crippen LogP contribution is 2.23.